The minimum absolute atomic E-state index is 0.0244. The van der Waals surface area contributed by atoms with E-state index < -0.39 is 0 Å². The summed E-state index contributed by atoms with van der Waals surface area (Å²) in [6, 6.07) is 19.7. The molecule has 5 rings (SSSR count). The van der Waals surface area contributed by atoms with E-state index in [2.05, 4.69) is 12.1 Å². The summed E-state index contributed by atoms with van der Waals surface area (Å²) < 4.78 is 12.9. The third-order valence-corrected chi connectivity index (χ3v) is 7.00. The highest BCUT2D eigenvalue weighted by molar-refractivity contribution is 7.22. The van der Waals surface area contributed by atoms with E-state index in [1.165, 1.54) is 14.2 Å². The number of phenolic OH excluding ortho intramolecular Hbond substituents is 1. The summed E-state index contributed by atoms with van der Waals surface area (Å²) in [7, 11) is 3.04. The first kappa shape index (κ1) is 19.5. The zero-order chi connectivity index (χ0) is 21.4. The highest BCUT2D eigenvalue weighted by atomic mass is 32.1. The van der Waals surface area contributed by atoms with Crippen molar-refractivity contribution in [2.45, 2.75) is 0 Å². The lowest BCUT2D eigenvalue weighted by molar-refractivity contribution is 0.340. The number of hydrogen-bond acceptors (Lipinski definition) is 7. The zero-order valence-corrected chi connectivity index (χ0v) is 18.5. The number of phenols is 1. The standard InChI is InChI=1S/C24H18N2O3S2/c1-28-18-12-14(13-19(29-2)22(18)27)11-15(23-25-16-7-3-5-9-20(16)30-23)24-26-17-8-4-6-10-21(17)31-24/h3-13,27H,1-2H3. The second-order valence-corrected chi connectivity index (χ2v) is 8.87. The molecule has 5 nitrogen and oxygen atoms in total. The van der Waals surface area contributed by atoms with Crippen LogP contribution in [0.4, 0.5) is 0 Å². The fourth-order valence-electron chi connectivity index (χ4n) is 3.35. The maximum atomic E-state index is 10.3. The Labute approximate surface area is 186 Å². The second-order valence-electron chi connectivity index (χ2n) is 6.81. The molecule has 31 heavy (non-hydrogen) atoms. The number of fused-ring (bicyclic) bond motifs is 2. The molecule has 5 aromatic rings. The van der Waals surface area contributed by atoms with Gasteiger partial charge in [-0.2, -0.15) is 0 Å². The monoisotopic (exact) mass is 446 g/mol. The fourth-order valence-corrected chi connectivity index (χ4v) is 5.38. The molecule has 154 valence electrons. The number of ether oxygens (including phenoxy) is 2. The summed E-state index contributed by atoms with van der Waals surface area (Å²) in [5, 5.41) is 12.0. The first-order valence-electron chi connectivity index (χ1n) is 9.55. The van der Waals surface area contributed by atoms with E-state index >= 15 is 0 Å². The zero-order valence-electron chi connectivity index (χ0n) is 16.8. The van der Waals surface area contributed by atoms with Gasteiger partial charge in [0.25, 0.3) is 0 Å². The Kier molecular flexibility index (Phi) is 5.05. The van der Waals surface area contributed by atoms with Crippen LogP contribution in [0.25, 0.3) is 32.1 Å². The first-order chi connectivity index (χ1) is 15.2. The summed E-state index contributed by atoms with van der Waals surface area (Å²) in [4.78, 5) is 9.73. The Hall–Kier alpha value is -3.42. The molecule has 0 aliphatic heterocycles. The normalized spacial score (nSPS) is 11.0. The van der Waals surface area contributed by atoms with E-state index in [9.17, 15) is 5.11 Å². The molecule has 0 atom stereocenters. The lowest BCUT2D eigenvalue weighted by atomic mass is 10.1. The summed E-state index contributed by atoms with van der Waals surface area (Å²) in [6.07, 6.45) is 2.01. The van der Waals surface area contributed by atoms with Gasteiger partial charge in [-0.1, -0.05) is 24.3 Å². The van der Waals surface area contributed by atoms with Crippen LogP contribution in [0.5, 0.6) is 17.2 Å². The van der Waals surface area contributed by atoms with Crippen LogP contribution >= 0.6 is 22.7 Å². The van der Waals surface area contributed by atoms with E-state index in [-0.39, 0.29) is 5.75 Å². The van der Waals surface area contributed by atoms with Gasteiger partial charge in [-0.05, 0) is 48.0 Å². The van der Waals surface area contributed by atoms with Gasteiger partial charge in [-0.15, -0.1) is 22.7 Å². The molecule has 7 heteroatoms. The second kappa shape index (κ2) is 8.02. The van der Waals surface area contributed by atoms with Crippen LogP contribution in [-0.4, -0.2) is 29.3 Å². The average Bonchev–Trinajstić information content (AvgIpc) is 3.42. The van der Waals surface area contributed by atoms with E-state index in [1.807, 2.05) is 42.5 Å². The van der Waals surface area contributed by atoms with Gasteiger partial charge >= 0.3 is 0 Å². The molecular formula is C24H18N2O3S2. The van der Waals surface area contributed by atoms with Gasteiger partial charge in [0.2, 0.25) is 5.75 Å². The quantitative estimate of drug-likeness (QED) is 0.347. The van der Waals surface area contributed by atoms with Gasteiger partial charge in [0.1, 0.15) is 10.0 Å². The van der Waals surface area contributed by atoms with Crippen LogP contribution < -0.4 is 9.47 Å². The number of methoxy groups -OCH3 is 2. The van der Waals surface area contributed by atoms with Gasteiger partial charge < -0.3 is 14.6 Å². The van der Waals surface area contributed by atoms with Crippen LogP contribution in [0.15, 0.2) is 60.7 Å². The Morgan fingerprint density at radius 2 is 1.29 bits per heavy atom. The first-order valence-corrected chi connectivity index (χ1v) is 11.2. The highest BCUT2D eigenvalue weighted by Crippen LogP contribution is 2.40. The van der Waals surface area contributed by atoms with Gasteiger partial charge in [0.05, 0.1) is 34.7 Å². The van der Waals surface area contributed by atoms with Crippen molar-refractivity contribution < 1.29 is 14.6 Å². The third-order valence-electron chi connectivity index (χ3n) is 4.86. The molecule has 3 aromatic carbocycles. The molecule has 0 saturated heterocycles. The lowest BCUT2D eigenvalue weighted by Gasteiger charge is -2.10. The van der Waals surface area contributed by atoms with Crippen LogP contribution in [-0.2, 0) is 0 Å². The summed E-state index contributed by atoms with van der Waals surface area (Å²) in [6.45, 7) is 0. The number of para-hydroxylation sites is 2. The third kappa shape index (κ3) is 3.62. The number of hydrogen-bond donors (Lipinski definition) is 1. The van der Waals surface area contributed by atoms with Crippen molar-refractivity contribution in [3.8, 4) is 17.2 Å². The molecule has 0 aliphatic rings. The van der Waals surface area contributed by atoms with Crippen LogP contribution in [0.1, 0.15) is 15.6 Å². The molecule has 2 heterocycles. The molecule has 0 spiro atoms. The van der Waals surface area contributed by atoms with Crippen molar-refractivity contribution in [2.75, 3.05) is 14.2 Å². The van der Waals surface area contributed by atoms with Gasteiger partial charge in [-0.3, -0.25) is 0 Å². The lowest BCUT2D eigenvalue weighted by Crippen LogP contribution is -1.91. The smallest absolute Gasteiger partial charge is 0.200 e. The molecule has 0 saturated carbocycles. The largest absolute Gasteiger partial charge is 0.502 e. The number of aromatic hydroxyl groups is 1. The van der Waals surface area contributed by atoms with Crippen LogP contribution in [0.3, 0.4) is 0 Å². The molecule has 0 unspecified atom stereocenters. The predicted octanol–water partition coefficient (Wildman–Crippen LogP) is 6.22. The summed E-state index contributed by atoms with van der Waals surface area (Å²) in [5.74, 6) is 0.667. The molecule has 0 aliphatic carbocycles. The van der Waals surface area contributed by atoms with Crippen molar-refractivity contribution >= 4 is 54.8 Å². The molecule has 0 amide bonds. The molecule has 2 aromatic heterocycles. The Balaban J connectivity index is 1.74. The average molecular weight is 447 g/mol. The van der Waals surface area contributed by atoms with Crippen molar-refractivity contribution in [3.05, 3.63) is 76.2 Å². The Morgan fingerprint density at radius 3 is 1.74 bits per heavy atom. The molecule has 0 fully saturated rings. The van der Waals surface area contributed by atoms with Crippen molar-refractivity contribution in [1.82, 2.24) is 9.97 Å². The highest BCUT2D eigenvalue weighted by Gasteiger charge is 2.17. The fraction of sp³-hybridized carbons (Fsp3) is 0.0833. The van der Waals surface area contributed by atoms with Crippen LogP contribution in [0, 0.1) is 0 Å². The minimum Gasteiger partial charge on any atom is -0.502 e. The molecule has 1 N–H and O–H groups in total. The van der Waals surface area contributed by atoms with Gasteiger partial charge in [-0.25, -0.2) is 9.97 Å². The number of rotatable bonds is 5. The van der Waals surface area contributed by atoms with E-state index in [1.54, 1.807) is 34.8 Å². The maximum absolute atomic E-state index is 10.3. The van der Waals surface area contributed by atoms with Crippen LogP contribution in [0.2, 0.25) is 0 Å². The minimum atomic E-state index is -0.0244. The van der Waals surface area contributed by atoms with E-state index in [4.69, 9.17) is 19.4 Å². The SMILES string of the molecule is COc1cc(C=C(c2nc3ccccc3s2)c2nc3ccccc3s2)cc(OC)c1O. The molecule has 0 bridgehead atoms. The maximum Gasteiger partial charge on any atom is 0.200 e. The Bertz CT molecular complexity index is 1270. The number of benzene rings is 3. The van der Waals surface area contributed by atoms with E-state index in [0.717, 1.165) is 41.6 Å². The predicted molar refractivity (Wildman–Crippen MR) is 127 cm³/mol. The van der Waals surface area contributed by atoms with E-state index in [0.29, 0.717) is 11.5 Å². The van der Waals surface area contributed by atoms with Crippen molar-refractivity contribution in [1.29, 1.82) is 0 Å². The topological polar surface area (TPSA) is 64.5 Å². The summed E-state index contributed by atoms with van der Waals surface area (Å²) in [5.41, 5.74) is 3.64. The van der Waals surface area contributed by atoms with Crippen molar-refractivity contribution in [3.63, 3.8) is 0 Å². The van der Waals surface area contributed by atoms with Gasteiger partial charge in [0, 0.05) is 5.57 Å². The number of nitrogens with zero attached hydrogens (tertiary/aromatic N) is 2. The Morgan fingerprint density at radius 1 is 0.806 bits per heavy atom. The molecule has 0 radical (unpaired) electrons. The van der Waals surface area contributed by atoms with Crippen molar-refractivity contribution in [2.24, 2.45) is 0 Å². The molecular weight excluding hydrogens is 428 g/mol. The number of thiazole rings is 2. The van der Waals surface area contributed by atoms with Gasteiger partial charge in [0.15, 0.2) is 11.5 Å². The number of aromatic nitrogens is 2. The summed E-state index contributed by atoms with van der Waals surface area (Å²) >= 11 is 3.26.